The Morgan fingerprint density at radius 2 is 2.21 bits per heavy atom. The number of nitrogens with zero attached hydrogens (tertiary/aromatic N) is 2. The van der Waals surface area contributed by atoms with Crippen LogP contribution in [0.2, 0.25) is 0 Å². The summed E-state index contributed by atoms with van der Waals surface area (Å²) >= 11 is 0. The monoisotopic (exact) mass is 265 g/mol. The molecule has 6 heteroatoms. The molecule has 1 aromatic heterocycles. The molecule has 19 heavy (non-hydrogen) atoms. The highest BCUT2D eigenvalue weighted by atomic mass is 16.5. The van der Waals surface area contributed by atoms with Gasteiger partial charge in [-0.05, 0) is 25.7 Å². The third kappa shape index (κ3) is 3.41. The van der Waals surface area contributed by atoms with E-state index in [2.05, 4.69) is 15.3 Å². The Labute approximate surface area is 112 Å². The number of ether oxygens (including phenoxy) is 1. The van der Waals surface area contributed by atoms with Crippen LogP contribution in [0.1, 0.15) is 30.5 Å². The highest BCUT2D eigenvalue weighted by Crippen LogP contribution is 2.24. The number of aliphatic carboxylic acids is 1. The van der Waals surface area contributed by atoms with Gasteiger partial charge in [-0.3, -0.25) is 0 Å². The number of nitrogens with one attached hydrogen (secondary N) is 1. The van der Waals surface area contributed by atoms with Gasteiger partial charge in [0.05, 0.1) is 6.61 Å². The average molecular weight is 265 g/mol. The van der Waals surface area contributed by atoms with E-state index in [0.29, 0.717) is 5.82 Å². The highest BCUT2D eigenvalue weighted by Gasteiger charge is 2.21. The van der Waals surface area contributed by atoms with Gasteiger partial charge in [-0.2, -0.15) is 0 Å². The largest absolute Gasteiger partial charge is 0.480 e. The van der Waals surface area contributed by atoms with Crippen LogP contribution in [-0.2, 0) is 22.4 Å². The number of methoxy groups -OCH3 is 1. The number of carbonyl (C=O) groups is 1. The van der Waals surface area contributed by atoms with Gasteiger partial charge in [-0.25, -0.2) is 14.8 Å². The molecule has 0 bridgehead atoms. The molecule has 1 atom stereocenters. The number of carboxylic acids is 1. The van der Waals surface area contributed by atoms with Crippen LogP contribution in [-0.4, -0.2) is 40.8 Å². The number of carboxylic acid groups (broad SMARTS) is 1. The van der Waals surface area contributed by atoms with Crippen molar-refractivity contribution in [3.8, 4) is 0 Å². The van der Waals surface area contributed by atoms with Gasteiger partial charge < -0.3 is 15.2 Å². The maximum absolute atomic E-state index is 11.1. The van der Waals surface area contributed by atoms with E-state index in [4.69, 9.17) is 9.84 Å². The average Bonchev–Trinajstić information content (AvgIpc) is 2.64. The molecule has 0 radical (unpaired) electrons. The molecule has 1 heterocycles. The summed E-state index contributed by atoms with van der Waals surface area (Å²) in [6.07, 6.45) is 6.74. The number of anilines is 1. The summed E-state index contributed by atoms with van der Waals surface area (Å²) in [5.74, 6) is -0.306. The summed E-state index contributed by atoms with van der Waals surface area (Å²) in [6.45, 7) is 0.105. The molecule has 1 aromatic rings. The van der Waals surface area contributed by atoms with Crippen molar-refractivity contribution in [3.63, 3.8) is 0 Å². The number of hydrogen-bond donors (Lipinski definition) is 2. The lowest BCUT2D eigenvalue weighted by Crippen LogP contribution is -2.34. The second-order valence-electron chi connectivity index (χ2n) is 4.70. The van der Waals surface area contributed by atoms with E-state index >= 15 is 0 Å². The number of aromatic nitrogens is 2. The molecule has 1 aliphatic rings. The van der Waals surface area contributed by atoms with Crippen molar-refractivity contribution in [1.82, 2.24) is 9.97 Å². The van der Waals surface area contributed by atoms with E-state index in [9.17, 15) is 4.79 Å². The summed E-state index contributed by atoms with van der Waals surface area (Å²) in [7, 11) is 1.48. The first kappa shape index (κ1) is 13.7. The fraction of sp³-hybridized carbons (Fsp3) is 0.615. The summed E-state index contributed by atoms with van der Waals surface area (Å²) in [4.78, 5) is 19.6. The zero-order valence-corrected chi connectivity index (χ0v) is 11.1. The Morgan fingerprint density at radius 1 is 1.42 bits per heavy atom. The Bertz CT molecular complexity index is 451. The predicted octanol–water partition coefficient (Wildman–Crippen LogP) is 1.26. The molecule has 0 spiro atoms. The third-order valence-electron chi connectivity index (χ3n) is 3.32. The lowest BCUT2D eigenvalue weighted by Gasteiger charge is -2.17. The van der Waals surface area contributed by atoms with E-state index in [-0.39, 0.29) is 6.61 Å². The maximum Gasteiger partial charge on any atom is 0.328 e. The van der Waals surface area contributed by atoms with Crippen LogP contribution in [0.4, 0.5) is 5.82 Å². The molecular formula is C13H19N3O3. The zero-order valence-electron chi connectivity index (χ0n) is 11.1. The Kier molecular flexibility index (Phi) is 4.68. The quantitative estimate of drug-likeness (QED) is 0.780. The molecule has 0 aromatic carbocycles. The van der Waals surface area contributed by atoms with Gasteiger partial charge in [0.15, 0.2) is 0 Å². The standard InChI is InChI=1S/C13H19N3O3/c1-19-7-11(13(17)18)16-12-9-5-3-2-4-6-10(9)14-8-15-12/h8,11H,2-7H2,1H3,(H,17,18)(H,14,15,16). The van der Waals surface area contributed by atoms with Crippen LogP contribution in [0.15, 0.2) is 6.33 Å². The Balaban J connectivity index is 2.22. The molecule has 2 N–H and O–H groups in total. The first-order valence-electron chi connectivity index (χ1n) is 6.53. The third-order valence-corrected chi connectivity index (χ3v) is 3.32. The minimum Gasteiger partial charge on any atom is -0.480 e. The van der Waals surface area contributed by atoms with Crippen molar-refractivity contribution in [2.45, 2.75) is 38.1 Å². The molecule has 0 amide bonds. The van der Waals surface area contributed by atoms with Crippen molar-refractivity contribution in [1.29, 1.82) is 0 Å². The Hall–Kier alpha value is -1.69. The van der Waals surface area contributed by atoms with Crippen molar-refractivity contribution in [2.24, 2.45) is 0 Å². The molecule has 104 valence electrons. The van der Waals surface area contributed by atoms with Crippen molar-refractivity contribution in [3.05, 3.63) is 17.6 Å². The van der Waals surface area contributed by atoms with Gasteiger partial charge in [0.25, 0.3) is 0 Å². The van der Waals surface area contributed by atoms with E-state index in [1.807, 2.05) is 0 Å². The minimum atomic E-state index is -0.942. The summed E-state index contributed by atoms with van der Waals surface area (Å²) in [5.41, 5.74) is 2.10. The van der Waals surface area contributed by atoms with Gasteiger partial charge in [0, 0.05) is 18.4 Å². The number of hydrogen-bond acceptors (Lipinski definition) is 5. The predicted molar refractivity (Wildman–Crippen MR) is 70.2 cm³/mol. The van der Waals surface area contributed by atoms with Crippen LogP contribution < -0.4 is 5.32 Å². The van der Waals surface area contributed by atoms with E-state index < -0.39 is 12.0 Å². The SMILES string of the molecule is COCC(Nc1ncnc2c1CCCCC2)C(=O)O. The van der Waals surface area contributed by atoms with Gasteiger partial charge in [0.2, 0.25) is 0 Å². The second-order valence-corrected chi connectivity index (χ2v) is 4.70. The minimum absolute atomic E-state index is 0.105. The second kappa shape index (κ2) is 6.47. The normalized spacial score (nSPS) is 16.3. The lowest BCUT2D eigenvalue weighted by atomic mass is 10.1. The topological polar surface area (TPSA) is 84.3 Å². The van der Waals surface area contributed by atoms with Crippen molar-refractivity contribution < 1.29 is 14.6 Å². The fourth-order valence-corrected chi connectivity index (χ4v) is 2.33. The molecule has 0 saturated carbocycles. The molecule has 0 aliphatic heterocycles. The van der Waals surface area contributed by atoms with Crippen LogP contribution in [0.5, 0.6) is 0 Å². The Morgan fingerprint density at radius 3 is 2.95 bits per heavy atom. The van der Waals surface area contributed by atoms with Crippen LogP contribution in [0, 0.1) is 0 Å². The summed E-state index contributed by atoms with van der Waals surface area (Å²) in [5, 5.41) is 12.1. The van der Waals surface area contributed by atoms with Gasteiger partial charge in [0.1, 0.15) is 18.2 Å². The van der Waals surface area contributed by atoms with Crippen molar-refractivity contribution in [2.75, 3.05) is 19.0 Å². The smallest absolute Gasteiger partial charge is 0.328 e. The summed E-state index contributed by atoms with van der Waals surface area (Å²) in [6, 6.07) is -0.785. The first-order valence-corrected chi connectivity index (χ1v) is 6.53. The molecule has 6 nitrogen and oxygen atoms in total. The van der Waals surface area contributed by atoms with Crippen LogP contribution in [0.3, 0.4) is 0 Å². The van der Waals surface area contributed by atoms with E-state index in [1.165, 1.54) is 19.9 Å². The molecule has 0 fully saturated rings. The van der Waals surface area contributed by atoms with Gasteiger partial charge in [-0.15, -0.1) is 0 Å². The first-order chi connectivity index (χ1) is 9.22. The maximum atomic E-state index is 11.1. The number of aryl methyl sites for hydroxylation is 1. The molecule has 0 saturated heterocycles. The molecule has 2 rings (SSSR count). The van der Waals surface area contributed by atoms with Crippen molar-refractivity contribution >= 4 is 11.8 Å². The van der Waals surface area contributed by atoms with Crippen LogP contribution in [0.25, 0.3) is 0 Å². The molecular weight excluding hydrogens is 246 g/mol. The van der Waals surface area contributed by atoms with E-state index in [1.54, 1.807) is 0 Å². The van der Waals surface area contributed by atoms with Crippen LogP contribution >= 0.6 is 0 Å². The van der Waals surface area contributed by atoms with Gasteiger partial charge in [-0.1, -0.05) is 6.42 Å². The molecule has 1 aliphatic carbocycles. The fourth-order valence-electron chi connectivity index (χ4n) is 2.33. The van der Waals surface area contributed by atoms with E-state index in [0.717, 1.165) is 36.9 Å². The molecule has 1 unspecified atom stereocenters. The number of rotatable bonds is 5. The zero-order chi connectivity index (χ0) is 13.7. The van der Waals surface area contributed by atoms with Gasteiger partial charge >= 0.3 is 5.97 Å². The highest BCUT2D eigenvalue weighted by molar-refractivity contribution is 5.77. The number of fused-ring (bicyclic) bond motifs is 1. The lowest BCUT2D eigenvalue weighted by molar-refractivity contribution is -0.139. The summed E-state index contributed by atoms with van der Waals surface area (Å²) < 4.78 is 4.92.